The van der Waals surface area contributed by atoms with E-state index >= 15 is 0 Å². The molecule has 3 heteroatoms. The van der Waals surface area contributed by atoms with Crippen LogP contribution in [0.1, 0.15) is 36.1 Å². The van der Waals surface area contributed by atoms with E-state index in [1.165, 1.54) is 18.7 Å². The Morgan fingerprint density at radius 2 is 1.75 bits per heavy atom. The van der Waals surface area contributed by atoms with Crippen molar-refractivity contribution in [3.63, 3.8) is 0 Å². The Bertz CT molecular complexity index is 566. The molecule has 0 aliphatic carbocycles. The van der Waals surface area contributed by atoms with Gasteiger partial charge < -0.3 is 10.5 Å². The summed E-state index contributed by atoms with van der Waals surface area (Å²) in [5.74, 6) is -0.151. The van der Waals surface area contributed by atoms with E-state index in [0.29, 0.717) is 0 Å². The molecule has 0 aliphatic heterocycles. The molecule has 2 rings (SSSR count). The smallest absolute Gasteiger partial charge is 0.165 e. The third-order valence-electron chi connectivity index (χ3n) is 3.41. The molecule has 20 heavy (non-hydrogen) atoms. The second kappa shape index (κ2) is 6.53. The summed E-state index contributed by atoms with van der Waals surface area (Å²) < 4.78 is 18.6. The van der Waals surface area contributed by atoms with Crippen LogP contribution in [0.3, 0.4) is 0 Å². The molecule has 0 aliphatic rings. The van der Waals surface area contributed by atoms with Crippen LogP contribution in [-0.2, 0) is 6.42 Å². The van der Waals surface area contributed by atoms with E-state index in [0.717, 1.165) is 24.0 Å². The van der Waals surface area contributed by atoms with Gasteiger partial charge in [-0.1, -0.05) is 43.7 Å². The van der Waals surface area contributed by atoms with Crippen LogP contribution in [0.5, 0.6) is 5.75 Å². The summed E-state index contributed by atoms with van der Waals surface area (Å²) in [4.78, 5) is 0. The molecule has 0 saturated carbocycles. The lowest BCUT2D eigenvalue weighted by Crippen LogP contribution is -2.12. The van der Waals surface area contributed by atoms with Crippen molar-refractivity contribution in [3.05, 3.63) is 65.0 Å². The number of aryl methyl sites for hydroxylation is 1. The number of hydrogen-bond donors (Lipinski definition) is 1. The van der Waals surface area contributed by atoms with E-state index in [1.54, 1.807) is 12.1 Å². The highest BCUT2D eigenvalue weighted by Gasteiger charge is 2.12. The summed E-state index contributed by atoms with van der Waals surface area (Å²) in [6.45, 7) is 2.15. The monoisotopic (exact) mass is 273 g/mol. The first-order valence-corrected chi connectivity index (χ1v) is 6.83. The Balaban J connectivity index is 2.21. The highest BCUT2D eigenvalue weighted by Crippen LogP contribution is 2.25. The van der Waals surface area contributed by atoms with Crippen LogP contribution < -0.4 is 10.5 Å². The zero-order valence-electron chi connectivity index (χ0n) is 11.9. The standard InChI is InChI=1S/C17H20FNO/c1-3-4-12-5-7-13(8-6-12)17(19)14-9-10-16(20-2)15(18)11-14/h5-11,17H,3-4,19H2,1-2H3. The first kappa shape index (κ1) is 14.5. The van der Waals surface area contributed by atoms with Crippen molar-refractivity contribution in [2.24, 2.45) is 5.73 Å². The van der Waals surface area contributed by atoms with Crippen LogP contribution in [0, 0.1) is 5.82 Å². The zero-order chi connectivity index (χ0) is 14.5. The molecule has 106 valence electrons. The fourth-order valence-electron chi connectivity index (χ4n) is 2.25. The predicted octanol–water partition coefficient (Wildman–Crippen LogP) is 3.83. The van der Waals surface area contributed by atoms with E-state index < -0.39 is 0 Å². The van der Waals surface area contributed by atoms with Gasteiger partial charge in [0.05, 0.1) is 13.2 Å². The lowest BCUT2D eigenvalue weighted by molar-refractivity contribution is 0.386. The molecule has 0 bridgehead atoms. The van der Waals surface area contributed by atoms with Gasteiger partial charge in [0.1, 0.15) is 0 Å². The van der Waals surface area contributed by atoms with Gasteiger partial charge in [-0.15, -0.1) is 0 Å². The molecule has 0 heterocycles. The number of halogens is 1. The number of rotatable bonds is 5. The molecule has 0 saturated heterocycles. The Kier molecular flexibility index (Phi) is 4.74. The van der Waals surface area contributed by atoms with Crippen molar-refractivity contribution < 1.29 is 9.13 Å². The van der Waals surface area contributed by atoms with E-state index in [9.17, 15) is 4.39 Å². The second-order valence-electron chi connectivity index (χ2n) is 4.86. The molecular formula is C17H20FNO. The molecule has 0 fully saturated rings. The quantitative estimate of drug-likeness (QED) is 0.898. The Hall–Kier alpha value is -1.87. The first-order chi connectivity index (χ1) is 9.65. The third kappa shape index (κ3) is 3.17. The molecule has 0 amide bonds. The van der Waals surface area contributed by atoms with Crippen molar-refractivity contribution in [1.29, 1.82) is 0 Å². The van der Waals surface area contributed by atoms with Crippen molar-refractivity contribution >= 4 is 0 Å². The van der Waals surface area contributed by atoms with Crippen molar-refractivity contribution in [2.45, 2.75) is 25.8 Å². The van der Waals surface area contributed by atoms with E-state index in [1.807, 2.05) is 12.1 Å². The van der Waals surface area contributed by atoms with Crippen LogP contribution in [0.15, 0.2) is 42.5 Å². The predicted molar refractivity (Wildman–Crippen MR) is 79.4 cm³/mol. The molecule has 2 N–H and O–H groups in total. The minimum Gasteiger partial charge on any atom is -0.494 e. The van der Waals surface area contributed by atoms with E-state index in [-0.39, 0.29) is 17.6 Å². The van der Waals surface area contributed by atoms with Gasteiger partial charge in [0.15, 0.2) is 11.6 Å². The number of methoxy groups -OCH3 is 1. The third-order valence-corrected chi connectivity index (χ3v) is 3.41. The molecule has 2 aromatic carbocycles. The number of benzene rings is 2. The maximum absolute atomic E-state index is 13.7. The van der Waals surface area contributed by atoms with Crippen molar-refractivity contribution in [2.75, 3.05) is 7.11 Å². The molecule has 1 unspecified atom stereocenters. The first-order valence-electron chi connectivity index (χ1n) is 6.83. The SMILES string of the molecule is CCCc1ccc(C(N)c2ccc(OC)c(F)c2)cc1. The van der Waals surface area contributed by atoms with Crippen LogP contribution >= 0.6 is 0 Å². The maximum atomic E-state index is 13.7. The van der Waals surface area contributed by atoms with Gasteiger partial charge in [0.2, 0.25) is 0 Å². The highest BCUT2D eigenvalue weighted by molar-refractivity contribution is 5.37. The highest BCUT2D eigenvalue weighted by atomic mass is 19.1. The Labute approximate surface area is 119 Å². The largest absolute Gasteiger partial charge is 0.494 e. The molecule has 1 atom stereocenters. The average Bonchev–Trinajstić information content (AvgIpc) is 2.47. The number of ether oxygens (including phenoxy) is 1. The Morgan fingerprint density at radius 3 is 2.30 bits per heavy atom. The van der Waals surface area contributed by atoms with Gasteiger partial charge in [0.25, 0.3) is 0 Å². The van der Waals surface area contributed by atoms with Crippen LogP contribution in [0.2, 0.25) is 0 Å². The van der Waals surface area contributed by atoms with Gasteiger partial charge in [-0.3, -0.25) is 0 Å². The minimum atomic E-state index is -0.386. The lowest BCUT2D eigenvalue weighted by atomic mass is 9.97. The summed E-state index contributed by atoms with van der Waals surface area (Å²) in [5, 5.41) is 0. The van der Waals surface area contributed by atoms with Crippen LogP contribution in [0.4, 0.5) is 4.39 Å². The van der Waals surface area contributed by atoms with Crippen LogP contribution in [-0.4, -0.2) is 7.11 Å². The van der Waals surface area contributed by atoms with Gasteiger partial charge in [-0.05, 0) is 35.2 Å². The molecule has 2 nitrogen and oxygen atoms in total. The fraction of sp³-hybridized carbons (Fsp3) is 0.294. The van der Waals surface area contributed by atoms with E-state index in [4.69, 9.17) is 10.5 Å². The lowest BCUT2D eigenvalue weighted by Gasteiger charge is -2.14. The number of hydrogen-bond acceptors (Lipinski definition) is 2. The van der Waals surface area contributed by atoms with Crippen LogP contribution in [0.25, 0.3) is 0 Å². The topological polar surface area (TPSA) is 35.2 Å². The van der Waals surface area contributed by atoms with Crippen molar-refractivity contribution in [1.82, 2.24) is 0 Å². The minimum absolute atomic E-state index is 0.235. The molecule has 0 radical (unpaired) electrons. The summed E-state index contributed by atoms with van der Waals surface area (Å²) >= 11 is 0. The van der Waals surface area contributed by atoms with Gasteiger partial charge in [-0.2, -0.15) is 0 Å². The summed E-state index contributed by atoms with van der Waals surface area (Å²) in [5.41, 5.74) is 9.21. The zero-order valence-corrected chi connectivity index (χ0v) is 11.9. The fourth-order valence-corrected chi connectivity index (χ4v) is 2.25. The molecule has 0 aromatic heterocycles. The average molecular weight is 273 g/mol. The Morgan fingerprint density at radius 1 is 1.10 bits per heavy atom. The molecule has 2 aromatic rings. The van der Waals surface area contributed by atoms with Gasteiger partial charge in [0, 0.05) is 0 Å². The normalized spacial score (nSPS) is 12.2. The van der Waals surface area contributed by atoms with Gasteiger partial charge >= 0.3 is 0 Å². The molecule has 0 spiro atoms. The summed E-state index contributed by atoms with van der Waals surface area (Å²) in [6.07, 6.45) is 2.18. The summed E-state index contributed by atoms with van der Waals surface area (Å²) in [7, 11) is 1.45. The van der Waals surface area contributed by atoms with Gasteiger partial charge in [-0.25, -0.2) is 4.39 Å². The van der Waals surface area contributed by atoms with Crippen molar-refractivity contribution in [3.8, 4) is 5.75 Å². The van der Waals surface area contributed by atoms with E-state index in [2.05, 4.69) is 19.1 Å². The maximum Gasteiger partial charge on any atom is 0.165 e. The summed E-state index contributed by atoms with van der Waals surface area (Å²) in [6, 6.07) is 12.7. The second-order valence-corrected chi connectivity index (χ2v) is 4.86. The number of nitrogens with two attached hydrogens (primary N) is 1. The molecular weight excluding hydrogens is 253 g/mol.